The molecule has 0 saturated heterocycles. The van der Waals surface area contributed by atoms with E-state index in [-0.39, 0.29) is 11.4 Å². The molecule has 1 aliphatic carbocycles. The molecule has 0 bridgehead atoms. The molecule has 1 amide bonds. The Kier molecular flexibility index (Phi) is 4.12. The zero-order chi connectivity index (χ0) is 15.7. The maximum atomic E-state index is 12.5. The van der Waals surface area contributed by atoms with E-state index in [1.165, 1.54) is 12.8 Å². The Morgan fingerprint density at radius 1 is 1.36 bits per heavy atom. The van der Waals surface area contributed by atoms with Crippen LogP contribution in [0.2, 0.25) is 0 Å². The number of nitrogens with one attached hydrogen (secondary N) is 1. The van der Waals surface area contributed by atoms with Crippen LogP contribution >= 0.6 is 0 Å². The number of ether oxygens (including phenoxy) is 1. The number of amides is 1. The molecule has 0 aromatic carbocycles. The third-order valence-corrected chi connectivity index (χ3v) is 5.16. The van der Waals surface area contributed by atoms with E-state index in [4.69, 9.17) is 4.74 Å². The highest BCUT2D eigenvalue weighted by atomic mass is 16.5. The predicted octanol–water partition coefficient (Wildman–Crippen LogP) is 1.58. The van der Waals surface area contributed by atoms with Gasteiger partial charge in [-0.2, -0.15) is 5.10 Å². The summed E-state index contributed by atoms with van der Waals surface area (Å²) in [4.78, 5) is 14.8. The zero-order valence-corrected chi connectivity index (χ0v) is 13.8. The van der Waals surface area contributed by atoms with Crippen LogP contribution in [-0.2, 0) is 6.54 Å². The lowest BCUT2D eigenvalue weighted by molar-refractivity contribution is 0.0893. The van der Waals surface area contributed by atoms with Crippen LogP contribution in [0, 0.1) is 6.92 Å². The number of rotatable bonds is 4. The molecule has 0 radical (unpaired) electrons. The first-order valence-electron chi connectivity index (χ1n) is 8.19. The average Bonchev–Trinajstić information content (AvgIpc) is 3.11. The molecule has 3 rings (SSSR count). The Morgan fingerprint density at radius 3 is 2.73 bits per heavy atom. The molecule has 2 heterocycles. The molecular formula is C16H26N4O2. The number of hydrogen-bond donors (Lipinski definition) is 1. The summed E-state index contributed by atoms with van der Waals surface area (Å²) in [5, 5.41) is 7.53. The highest BCUT2D eigenvalue weighted by Crippen LogP contribution is 2.33. The molecule has 1 fully saturated rings. The van der Waals surface area contributed by atoms with E-state index in [9.17, 15) is 4.79 Å². The summed E-state index contributed by atoms with van der Waals surface area (Å²) in [6.45, 7) is 4.13. The number of nitrogens with zero attached hydrogens (tertiary/aromatic N) is 3. The van der Waals surface area contributed by atoms with Gasteiger partial charge in [-0.15, -0.1) is 0 Å². The van der Waals surface area contributed by atoms with E-state index >= 15 is 0 Å². The van der Waals surface area contributed by atoms with Crippen molar-refractivity contribution in [3.63, 3.8) is 0 Å². The summed E-state index contributed by atoms with van der Waals surface area (Å²) in [6, 6.07) is 0. The first-order chi connectivity index (χ1) is 10.5. The normalized spacial score (nSPS) is 19.8. The summed E-state index contributed by atoms with van der Waals surface area (Å²) in [7, 11) is 4.21. The number of carbonyl (C=O) groups excluding carboxylic acids is 1. The van der Waals surface area contributed by atoms with Gasteiger partial charge in [0.2, 0.25) is 5.88 Å². The van der Waals surface area contributed by atoms with Crippen molar-refractivity contribution >= 4 is 5.91 Å². The third kappa shape index (κ3) is 2.60. The molecule has 22 heavy (non-hydrogen) atoms. The first kappa shape index (κ1) is 15.3. The van der Waals surface area contributed by atoms with Crippen LogP contribution in [0.5, 0.6) is 5.88 Å². The van der Waals surface area contributed by atoms with Gasteiger partial charge in [-0.25, -0.2) is 4.68 Å². The van der Waals surface area contributed by atoms with E-state index in [1.807, 2.05) is 11.6 Å². The summed E-state index contributed by atoms with van der Waals surface area (Å²) in [5.74, 6) is 0.663. The van der Waals surface area contributed by atoms with Gasteiger partial charge < -0.3 is 15.0 Å². The Hall–Kier alpha value is -1.56. The lowest BCUT2D eigenvalue weighted by atomic mass is 9.96. The molecule has 2 aliphatic rings. The van der Waals surface area contributed by atoms with Crippen molar-refractivity contribution in [2.45, 2.75) is 51.1 Å². The number of carbonyl (C=O) groups is 1. The quantitative estimate of drug-likeness (QED) is 0.917. The fourth-order valence-electron chi connectivity index (χ4n) is 3.61. The van der Waals surface area contributed by atoms with Gasteiger partial charge in [-0.1, -0.05) is 12.8 Å². The number of aryl methyl sites for hydroxylation is 1. The highest BCUT2D eigenvalue weighted by Gasteiger charge is 2.36. The van der Waals surface area contributed by atoms with Gasteiger partial charge in [0.05, 0.1) is 6.61 Å². The van der Waals surface area contributed by atoms with Crippen molar-refractivity contribution in [1.82, 2.24) is 20.0 Å². The second-order valence-corrected chi connectivity index (χ2v) is 6.71. The molecule has 1 aliphatic heterocycles. The Morgan fingerprint density at radius 2 is 2.09 bits per heavy atom. The van der Waals surface area contributed by atoms with Crippen molar-refractivity contribution < 1.29 is 9.53 Å². The van der Waals surface area contributed by atoms with E-state index in [0.29, 0.717) is 18.8 Å². The molecule has 1 N–H and O–H groups in total. The Bertz CT molecular complexity index is 559. The molecule has 1 aromatic rings. The van der Waals surface area contributed by atoms with Crippen molar-refractivity contribution in [2.24, 2.45) is 0 Å². The fraction of sp³-hybridized carbons (Fsp3) is 0.750. The second kappa shape index (κ2) is 5.91. The number of aromatic nitrogens is 2. The third-order valence-electron chi connectivity index (χ3n) is 5.16. The SMILES string of the molecule is Cc1c(C(=O)NCC2(N(C)C)CCCC2)nn2c1OCCC2. The molecule has 0 spiro atoms. The molecule has 122 valence electrons. The van der Waals surface area contributed by atoms with Crippen LogP contribution in [0.15, 0.2) is 0 Å². The Labute approximate surface area is 131 Å². The van der Waals surface area contributed by atoms with Gasteiger partial charge >= 0.3 is 0 Å². The summed E-state index contributed by atoms with van der Waals surface area (Å²) in [6.07, 6.45) is 5.70. The minimum atomic E-state index is -0.0869. The molecule has 1 aromatic heterocycles. The van der Waals surface area contributed by atoms with Crippen molar-refractivity contribution in [1.29, 1.82) is 0 Å². The first-order valence-corrected chi connectivity index (χ1v) is 8.19. The van der Waals surface area contributed by atoms with Crippen LogP contribution in [-0.4, -0.2) is 53.4 Å². The lowest BCUT2D eigenvalue weighted by Crippen LogP contribution is -2.50. The van der Waals surface area contributed by atoms with Crippen LogP contribution < -0.4 is 10.1 Å². The smallest absolute Gasteiger partial charge is 0.272 e. The topological polar surface area (TPSA) is 59.4 Å². The van der Waals surface area contributed by atoms with Gasteiger partial charge in [0.25, 0.3) is 5.91 Å². The summed E-state index contributed by atoms with van der Waals surface area (Å²) in [5.41, 5.74) is 1.45. The summed E-state index contributed by atoms with van der Waals surface area (Å²) < 4.78 is 7.44. The summed E-state index contributed by atoms with van der Waals surface area (Å²) >= 11 is 0. The maximum Gasteiger partial charge on any atom is 0.272 e. The fourth-order valence-corrected chi connectivity index (χ4v) is 3.61. The molecular weight excluding hydrogens is 280 g/mol. The number of hydrogen-bond acceptors (Lipinski definition) is 4. The van der Waals surface area contributed by atoms with Gasteiger partial charge in [0, 0.05) is 30.6 Å². The maximum absolute atomic E-state index is 12.5. The number of fused-ring (bicyclic) bond motifs is 1. The molecule has 6 heteroatoms. The van der Waals surface area contributed by atoms with Crippen molar-refractivity contribution in [3.05, 3.63) is 11.3 Å². The van der Waals surface area contributed by atoms with Crippen LogP contribution in [0.25, 0.3) is 0 Å². The minimum absolute atomic E-state index is 0.0869. The van der Waals surface area contributed by atoms with Gasteiger partial charge in [-0.3, -0.25) is 4.79 Å². The average molecular weight is 306 g/mol. The second-order valence-electron chi connectivity index (χ2n) is 6.71. The lowest BCUT2D eigenvalue weighted by Gasteiger charge is -2.36. The molecule has 0 unspecified atom stereocenters. The predicted molar refractivity (Wildman–Crippen MR) is 84.3 cm³/mol. The van der Waals surface area contributed by atoms with Crippen molar-refractivity contribution in [2.75, 3.05) is 27.2 Å². The highest BCUT2D eigenvalue weighted by molar-refractivity contribution is 5.94. The van der Waals surface area contributed by atoms with E-state index in [0.717, 1.165) is 37.3 Å². The van der Waals surface area contributed by atoms with Gasteiger partial charge in [-0.05, 0) is 33.9 Å². The minimum Gasteiger partial charge on any atom is -0.478 e. The van der Waals surface area contributed by atoms with Crippen LogP contribution in [0.1, 0.15) is 48.2 Å². The molecule has 0 atom stereocenters. The van der Waals surface area contributed by atoms with Crippen LogP contribution in [0.3, 0.4) is 0 Å². The number of likely N-dealkylation sites (N-methyl/N-ethyl adjacent to an activating group) is 1. The zero-order valence-electron chi connectivity index (χ0n) is 13.8. The van der Waals surface area contributed by atoms with Gasteiger partial charge in [0.15, 0.2) is 5.69 Å². The molecule has 1 saturated carbocycles. The molecule has 6 nitrogen and oxygen atoms in total. The monoisotopic (exact) mass is 306 g/mol. The largest absolute Gasteiger partial charge is 0.478 e. The van der Waals surface area contributed by atoms with Crippen molar-refractivity contribution in [3.8, 4) is 5.88 Å². The van der Waals surface area contributed by atoms with E-state index in [1.54, 1.807) is 0 Å². The Balaban J connectivity index is 1.71. The van der Waals surface area contributed by atoms with E-state index in [2.05, 4.69) is 29.4 Å². The van der Waals surface area contributed by atoms with E-state index < -0.39 is 0 Å². The standard InChI is InChI=1S/C16H26N4O2/c1-12-13(18-20-9-6-10-22-15(12)20)14(21)17-11-16(19(2)3)7-4-5-8-16/h4-11H2,1-3H3,(H,17,21). The van der Waals surface area contributed by atoms with Gasteiger partial charge in [0.1, 0.15) is 0 Å². The van der Waals surface area contributed by atoms with Crippen LogP contribution in [0.4, 0.5) is 0 Å².